The van der Waals surface area contributed by atoms with Crippen molar-refractivity contribution in [3.8, 4) is 33.6 Å². The van der Waals surface area contributed by atoms with Gasteiger partial charge in [0, 0.05) is 22.1 Å². The highest BCUT2D eigenvalue weighted by molar-refractivity contribution is 6.15. The molecule has 2 nitrogen and oxygen atoms in total. The Labute approximate surface area is 226 Å². The third-order valence-electron chi connectivity index (χ3n) is 7.80. The summed E-state index contributed by atoms with van der Waals surface area (Å²) in [6.45, 7) is 0. The zero-order chi connectivity index (χ0) is 25.8. The van der Waals surface area contributed by atoms with Crippen LogP contribution in [0.3, 0.4) is 0 Å². The second kappa shape index (κ2) is 8.68. The van der Waals surface area contributed by atoms with Crippen LogP contribution in [0.1, 0.15) is 0 Å². The van der Waals surface area contributed by atoms with E-state index in [0.717, 1.165) is 39.2 Å². The maximum Gasteiger partial charge on any atom is 0.102 e. The number of pyridine rings is 1. The van der Waals surface area contributed by atoms with E-state index in [2.05, 4.69) is 150 Å². The summed E-state index contributed by atoms with van der Waals surface area (Å²) in [5, 5.41) is 12.8. The van der Waals surface area contributed by atoms with Crippen molar-refractivity contribution in [1.29, 1.82) is 0 Å². The summed E-state index contributed by atoms with van der Waals surface area (Å²) in [6.07, 6.45) is 0. The molecule has 2 heterocycles. The summed E-state index contributed by atoms with van der Waals surface area (Å²) < 4.78 is 2.16. The summed E-state index contributed by atoms with van der Waals surface area (Å²) in [7, 11) is 0. The van der Waals surface area contributed by atoms with Crippen LogP contribution in [0.5, 0.6) is 0 Å². The molecule has 0 bridgehead atoms. The summed E-state index contributed by atoms with van der Waals surface area (Å²) in [5.41, 5.74) is 7.82. The largest absolute Gasteiger partial charge is 0.231 e. The lowest BCUT2D eigenvalue weighted by molar-refractivity contribution is 0.980. The lowest BCUT2D eigenvalue weighted by atomic mass is 9.93. The molecule has 8 aromatic rings. The Morgan fingerprint density at radius 3 is 1.87 bits per heavy atom. The van der Waals surface area contributed by atoms with E-state index in [1.165, 1.54) is 32.3 Å². The standard InChI is InChI=1S/C37H24N2/c1-3-13-26(14-4-1)34-24-28-17-8-10-19-30(28)37-35(27-15-5-2-6-16-27)36(38-39(34)37)33-21-11-20-31-29-18-9-7-12-25(29)22-23-32(31)33/h1-24H. The Morgan fingerprint density at radius 2 is 1.08 bits per heavy atom. The molecule has 2 aromatic heterocycles. The minimum absolute atomic E-state index is 0.996. The molecule has 0 fully saturated rings. The van der Waals surface area contributed by atoms with Crippen molar-refractivity contribution in [3.05, 3.63) is 146 Å². The Kier molecular flexibility index (Phi) is 4.86. The van der Waals surface area contributed by atoms with Gasteiger partial charge in [0.1, 0.15) is 5.69 Å². The topological polar surface area (TPSA) is 17.3 Å². The van der Waals surface area contributed by atoms with Gasteiger partial charge in [0.25, 0.3) is 0 Å². The molecule has 0 radical (unpaired) electrons. The minimum Gasteiger partial charge on any atom is -0.231 e. The molecular weight excluding hydrogens is 472 g/mol. The first-order chi connectivity index (χ1) is 19.4. The minimum atomic E-state index is 0.996. The number of hydrogen-bond donors (Lipinski definition) is 0. The summed E-state index contributed by atoms with van der Waals surface area (Å²) in [4.78, 5) is 0. The summed E-state index contributed by atoms with van der Waals surface area (Å²) in [6, 6.07) is 51.9. The lowest BCUT2D eigenvalue weighted by Crippen LogP contribution is -1.95. The number of nitrogens with zero attached hydrogens (tertiary/aromatic N) is 2. The van der Waals surface area contributed by atoms with Gasteiger partial charge in [-0.15, -0.1) is 0 Å². The van der Waals surface area contributed by atoms with Crippen molar-refractivity contribution in [2.75, 3.05) is 0 Å². The third kappa shape index (κ3) is 3.39. The van der Waals surface area contributed by atoms with Crippen molar-refractivity contribution in [2.24, 2.45) is 0 Å². The van der Waals surface area contributed by atoms with Gasteiger partial charge >= 0.3 is 0 Å². The van der Waals surface area contributed by atoms with E-state index in [4.69, 9.17) is 5.10 Å². The van der Waals surface area contributed by atoms with E-state index in [-0.39, 0.29) is 0 Å². The Hall–Kier alpha value is -5.21. The van der Waals surface area contributed by atoms with Crippen LogP contribution in [0.15, 0.2) is 146 Å². The van der Waals surface area contributed by atoms with E-state index < -0.39 is 0 Å². The number of benzene rings is 6. The predicted molar refractivity (Wildman–Crippen MR) is 164 cm³/mol. The van der Waals surface area contributed by atoms with Crippen LogP contribution in [0.4, 0.5) is 0 Å². The van der Waals surface area contributed by atoms with Crippen LogP contribution in [-0.2, 0) is 0 Å². The second-order valence-corrected chi connectivity index (χ2v) is 10.0. The molecule has 8 rings (SSSR count). The second-order valence-electron chi connectivity index (χ2n) is 10.0. The first kappa shape index (κ1) is 21.8. The highest BCUT2D eigenvalue weighted by Crippen LogP contribution is 2.43. The molecule has 39 heavy (non-hydrogen) atoms. The molecule has 0 unspecified atom stereocenters. The molecule has 0 aliphatic carbocycles. The zero-order valence-electron chi connectivity index (χ0n) is 21.3. The predicted octanol–water partition coefficient (Wildman–Crippen LogP) is 9.79. The first-order valence-corrected chi connectivity index (χ1v) is 13.3. The van der Waals surface area contributed by atoms with Crippen LogP contribution in [0.25, 0.3) is 71.5 Å². The van der Waals surface area contributed by atoms with Gasteiger partial charge < -0.3 is 0 Å². The average Bonchev–Trinajstić information content (AvgIpc) is 3.42. The van der Waals surface area contributed by atoms with Crippen molar-refractivity contribution in [1.82, 2.24) is 9.61 Å². The maximum absolute atomic E-state index is 5.43. The van der Waals surface area contributed by atoms with Gasteiger partial charge in [0.2, 0.25) is 0 Å². The van der Waals surface area contributed by atoms with E-state index in [1.807, 2.05) is 0 Å². The molecule has 0 aliphatic heterocycles. The first-order valence-electron chi connectivity index (χ1n) is 13.3. The van der Waals surface area contributed by atoms with Crippen molar-refractivity contribution in [2.45, 2.75) is 0 Å². The Balaban J connectivity index is 1.56. The van der Waals surface area contributed by atoms with Gasteiger partial charge in [-0.25, -0.2) is 4.52 Å². The van der Waals surface area contributed by atoms with Crippen LogP contribution in [-0.4, -0.2) is 9.61 Å². The van der Waals surface area contributed by atoms with E-state index >= 15 is 0 Å². The monoisotopic (exact) mass is 496 g/mol. The molecule has 0 atom stereocenters. The number of hydrogen-bond acceptors (Lipinski definition) is 1. The summed E-state index contributed by atoms with van der Waals surface area (Å²) in [5.74, 6) is 0. The van der Waals surface area contributed by atoms with Crippen molar-refractivity contribution < 1.29 is 0 Å². The van der Waals surface area contributed by atoms with Crippen molar-refractivity contribution in [3.63, 3.8) is 0 Å². The quantitative estimate of drug-likeness (QED) is 0.223. The molecule has 6 aromatic carbocycles. The van der Waals surface area contributed by atoms with E-state index in [0.29, 0.717) is 0 Å². The third-order valence-corrected chi connectivity index (χ3v) is 7.80. The van der Waals surface area contributed by atoms with Crippen molar-refractivity contribution >= 4 is 37.8 Å². The van der Waals surface area contributed by atoms with Gasteiger partial charge in [0.05, 0.1) is 11.2 Å². The van der Waals surface area contributed by atoms with E-state index in [9.17, 15) is 0 Å². The highest BCUT2D eigenvalue weighted by atomic mass is 15.2. The number of fused-ring (bicyclic) bond motifs is 6. The SMILES string of the molecule is c1ccc(-c2c(-c3cccc4c3ccc3ccccc34)nn3c(-c4ccccc4)cc4ccccc4c23)cc1. The van der Waals surface area contributed by atoms with Crippen LogP contribution >= 0.6 is 0 Å². The van der Waals surface area contributed by atoms with Crippen LogP contribution in [0.2, 0.25) is 0 Å². The van der Waals surface area contributed by atoms with Crippen LogP contribution in [0, 0.1) is 0 Å². The number of aromatic nitrogens is 2. The zero-order valence-corrected chi connectivity index (χ0v) is 21.3. The van der Waals surface area contributed by atoms with Crippen LogP contribution < -0.4 is 0 Å². The maximum atomic E-state index is 5.43. The van der Waals surface area contributed by atoms with Gasteiger partial charge in [-0.3, -0.25) is 0 Å². The molecule has 0 spiro atoms. The molecule has 0 aliphatic rings. The fourth-order valence-corrected chi connectivity index (χ4v) is 6.02. The molecule has 0 saturated heterocycles. The summed E-state index contributed by atoms with van der Waals surface area (Å²) >= 11 is 0. The molecule has 0 amide bonds. The molecular formula is C37H24N2. The van der Waals surface area contributed by atoms with Gasteiger partial charge in [-0.1, -0.05) is 140 Å². The fourth-order valence-electron chi connectivity index (χ4n) is 6.02. The Morgan fingerprint density at radius 1 is 0.436 bits per heavy atom. The van der Waals surface area contributed by atoms with Gasteiger partial charge in [0.15, 0.2) is 0 Å². The fraction of sp³-hybridized carbons (Fsp3) is 0. The highest BCUT2D eigenvalue weighted by Gasteiger charge is 2.22. The van der Waals surface area contributed by atoms with E-state index in [1.54, 1.807) is 0 Å². The Bertz CT molecular complexity index is 2160. The van der Waals surface area contributed by atoms with Gasteiger partial charge in [-0.2, -0.15) is 5.10 Å². The molecule has 0 N–H and O–H groups in total. The molecule has 2 heteroatoms. The smallest absolute Gasteiger partial charge is 0.102 e. The molecule has 0 saturated carbocycles. The lowest BCUT2D eigenvalue weighted by Gasteiger charge is -2.11. The average molecular weight is 497 g/mol. The normalized spacial score (nSPS) is 11.6. The van der Waals surface area contributed by atoms with Gasteiger partial charge in [-0.05, 0) is 38.6 Å². The molecule has 182 valence electrons. The number of rotatable bonds is 3.